The largest absolute Gasteiger partial charge is 0.316 e. The number of halogens is 1. The van der Waals surface area contributed by atoms with Gasteiger partial charge in [0.05, 0.1) is 0 Å². The monoisotopic (exact) mass is 235 g/mol. The molecule has 2 rings (SSSR count). The molecule has 0 bridgehead atoms. The fraction of sp³-hybridized carbons (Fsp3) is 0.600. The Morgan fingerprint density at radius 2 is 1.82 bits per heavy atom. The highest BCUT2D eigenvalue weighted by Gasteiger charge is 2.51. The van der Waals surface area contributed by atoms with Crippen LogP contribution in [0, 0.1) is 11.2 Å². The smallest absolute Gasteiger partial charge is 0.123 e. The van der Waals surface area contributed by atoms with Crippen molar-refractivity contribution in [3.05, 3.63) is 35.6 Å². The first kappa shape index (κ1) is 12.6. The van der Waals surface area contributed by atoms with Gasteiger partial charge in [0.25, 0.3) is 0 Å². The minimum atomic E-state index is -0.142. The predicted molar refractivity (Wildman–Crippen MR) is 69.6 cm³/mol. The second-order valence-electron chi connectivity index (χ2n) is 5.12. The minimum absolute atomic E-state index is 0.142. The Morgan fingerprint density at radius 3 is 2.29 bits per heavy atom. The molecule has 2 heteroatoms. The summed E-state index contributed by atoms with van der Waals surface area (Å²) in [6.45, 7) is 4.53. The molecule has 0 heterocycles. The van der Waals surface area contributed by atoms with Gasteiger partial charge in [-0.05, 0) is 55.3 Å². The molecule has 0 aliphatic heterocycles. The molecule has 1 aliphatic carbocycles. The summed E-state index contributed by atoms with van der Waals surface area (Å²) in [4.78, 5) is 0. The van der Waals surface area contributed by atoms with Crippen molar-refractivity contribution in [2.45, 2.75) is 45.1 Å². The molecule has 0 spiro atoms. The molecular weight excluding hydrogens is 213 g/mol. The van der Waals surface area contributed by atoms with Crippen LogP contribution < -0.4 is 5.32 Å². The number of nitrogens with one attached hydrogen (secondary N) is 1. The Morgan fingerprint density at radius 1 is 1.24 bits per heavy atom. The topological polar surface area (TPSA) is 12.0 Å². The second kappa shape index (κ2) is 4.77. The van der Waals surface area contributed by atoms with E-state index in [0.29, 0.717) is 17.4 Å². The van der Waals surface area contributed by atoms with Gasteiger partial charge in [-0.1, -0.05) is 26.0 Å². The summed E-state index contributed by atoms with van der Waals surface area (Å²) in [7, 11) is 2.05. The number of rotatable bonds is 4. The van der Waals surface area contributed by atoms with Crippen molar-refractivity contribution in [3.8, 4) is 0 Å². The molecule has 0 saturated heterocycles. The van der Waals surface area contributed by atoms with E-state index in [1.165, 1.54) is 24.8 Å². The zero-order valence-corrected chi connectivity index (χ0v) is 11.0. The lowest BCUT2D eigenvalue weighted by Gasteiger charge is -2.56. The summed E-state index contributed by atoms with van der Waals surface area (Å²) in [6.07, 6.45) is 3.53. The summed E-state index contributed by atoms with van der Waals surface area (Å²) in [5, 5.41) is 3.43. The van der Waals surface area contributed by atoms with Crippen LogP contribution in [0.1, 0.15) is 44.6 Å². The first-order valence-corrected chi connectivity index (χ1v) is 6.60. The first-order chi connectivity index (χ1) is 8.17. The summed E-state index contributed by atoms with van der Waals surface area (Å²) >= 11 is 0. The van der Waals surface area contributed by atoms with Crippen LogP contribution in [0.3, 0.4) is 0 Å². The van der Waals surface area contributed by atoms with Crippen molar-refractivity contribution in [1.82, 2.24) is 5.32 Å². The van der Waals surface area contributed by atoms with E-state index < -0.39 is 0 Å². The van der Waals surface area contributed by atoms with Crippen LogP contribution in [0.25, 0.3) is 0 Å². The predicted octanol–water partition coefficient (Wildman–Crippen LogP) is 3.71. The number of benzene rings is 1. The Bertz CT molecular complexity index is 367. The van der Waals surface area contributed by atoms with Gasteiger partial charge in [0, 0.05) is 6.04 Å². The van der Waals surface area contributed by atoms with Crippen molar-refractivity contribution >= 4 is 0 Å². The standard InChI is InChI=1S/C15H22FN/c1-4-15(5-2)13(10-14(15)17-3)11-6-8-12(16)9-7-11/h6-9,13-14,17H,4-5,10H2,1-3H3. The van der Waals surface area contributed by atoms with Gasteiger partial charge in [-0.2, -0.15) is 0 Å². The van der Waals surface area contributed by atoms with Gasteiger partial charge < -0.3 is 5.32 Å². The highest BCUT2D eigenvalue weighted by atomic mass is 19.1. The van der Waals surface area contributed by atoms with E-state index in [2.05, 4.69) is 19.2 Å². The van der Waals surface area contributed by atoms with E-state index in [0.717, 1.165) is 0 Å². The number of hydrogen-bond acceptors (Lipinski definition) is 1. The molecule has 0 radical (unpaired) electrons. The van der Waals surface area contributed by atoms with Crippen molar-refractivity contribution < 1.29 is 4.39 Å². The van der Waals surface area contributed by atoms with Crippen LogP contribution in [0.2, 0.25) is 0 Å². The third-order valence-corrected chi connectivity index (χ3v) is 4.80. The average Bonchev–Trinajstić information content (AvgIpc) is 2.33. The fourth-order valence-corrected chi connectivity index (χ4v) is 3.59. The van der Waals surface area contributed by atoms with Gasteiger partial charge >= 0.3 is 0 Å². The molecule has 1 aliphatic rings. The van der Waals surface area contributed by atoms with Gasteiger partial charge in [-0.25, -0.2) is 4.39 Å². The lowest BCUT2D eigenvalue weighted by molar-refractivity contribution is 0.0245. The van der Waals surface area contributed by atoms with Crippen molar-refractivity contribution in [3.63, 3.8) is 0 Å². The molecule has 1 aromatic carbocycles. The molecule has 1 saturated carbocycles. The maximum atomic E-state index is 13.0. The van der Waals surface area contributed by atoms with Crippen molar-refractivity contribution in [1.29, 1.82) is 0 Å². The summed E-state index contributed by atoms with van der Waals surface area (Å²) in [6, 6.07) is 7.67. The maximum absolute atomic E-state index is 13.0. The molecule has 17 heavy (non-hydrogen) atoms. The molecule has 0 amide bonds. The van der Waals surface area contributed by atoms with Crippen molar-refractivity contribution in [2.75, 3.05) is 7.05 Å². The van der Waals surface area contributed by atoms with Gasteiger partial charge in [-0.3, -0.25) is 0 Å². The van der Waals surface area contributed by atoms with Gasteiger partial charge in [0.2, 0.25) is 0 Å². The normalized spacial score (nSPS) is 26.6. The van der Waals surface area contributed by atoms with Crippen LogP contribution in [-0.2, 0) is 0 Å². The Hall–Kier alpha value is -0.890. The average molecular weight is 235 g/mol. The van der Waals surface area contributed by atoms with E-state index >= 15 is 0 Å². The van der Waals surface area contributed by atoms with Gasteiger partial charge in [0.15, 0.2) is 0 Å². The Labute approximate surface area is 103 Å². The SMILES string of the molecule is CCC1(CC)C(NC)CC1c1ccc(F)cc1. The fourth-order valence-electron chi connectivity index (χ4n) is 3.59. The molecule has 1 N–H and O–H groups in total. The molecule has 0 aromatic heterocycles. The van der Waals surface area contributed by atoms with Gasteiger partial charge in [0.1, 0.15) is 5.82 Å². The third-order valence-electron chi connectivity index (χ3n) is 4.80. The highest BCUT2D eigenvalue weighted by Crippen LogP contribution is 2.57. The van der Waals surface area contributed by atoms with E-state index in [9.17, 15) is 4.39 Å². The maximum Gasteiger partial charge on any atom is 0.123 e. The molecular formula is C15H22FN. The summed E-state index contributed by atoms with van der Waals surface area (Å²) in [5.41, 5.74) is 1.65. The van der Waals surface area contributed by atoms with Crippen molar-refractivity contribution in [2.24, 2.45) is 5.41 Å². The zero-order valence-electron chi connectivity index (χ0n) is 11.0. The van der Waals surface area contributed by atoms with Gasteiger partial charge in [-0.15, -0.1) is 0 Å². The van der Waals surface area contributed by atoms with Crippen LogP contribution in [0.4, 0.5) is 4.39 Å². The molecule has 1 fully saturated rings. The lowest BCUT2D eigenvalue weighted by atomic mass is 9.52. The lowest BCUT2D eigenvalue weighted by Crippen LogP contribution is -2.57. The van der Waals surface area contributed by atoms with E-state index in [4.69, 9.17) is 0 Å². The number of hydrogen-bond donors (Lipinski definition) is 1. The zero-order chi connectivity index (χ0) is 12.5. The Kier molecular flexibility index (Phi) is 3.53. The third kappa shape index (κ3) is 1.89. The van der Waals surface area contributed by atoms with E-state index in [1.54, 1.807) is 12.1 Å². The summed E-state index contributed by atoms with van der Waals surface area (Å²) < 4.78 is 13.0. The molecule has 2 unspecified atom stereocenters. The van der Waals surface area contributed by atoms with Crippen LogP contribution in [-0.4, -0.2) is 13.1 Å². The molecule has 1 aromatic rings. The Balaban J connectivity index is 2.25. The molecule has 2 atom stereocenters. The summed E-state index contributed by atoms with van der Waals surface area (Å²) in [5.74, 6) is 0.437. The minimum Gasteiger partial charge on any atom is -0.316 e. The van der Waals surface area contributed by atoms with E-state index in [1.807, 2.05) is 19.2 Å². The quantitative estimate of drug-likeness (QED) is 0.839. The van der Waals surface area contributed by atoms with E-state index in [-0.39, 0.29) is 5.82 Å². The second-order valence-corrected chi connectivity index (χ2v) is 5.12. The van der Waals surface area contributed by atoms with Crippen LogP contribution in [0.15, 0.2) is 24.3 Å². The molecule has 94 valence electrons. The highest BCUT2D eigenvalue weighted by molar-refractivity contribution is 5.28. The van der Waals surface area contributed by atoms with Crippen LogP contribution in [0.5, 0.6) is 0 Å². The molecule has 1 nitrogen and oxygen atoms in total. The first-order valence-electron chi connectivity index (χ1n) is 6.60. The van der Waals surface area contributed by atoms with Crippen LogP contribution >= 0.6 is 0 Å².